The van der Waals surface area contributed by atoms with E-state index in [0.29, 0.717) is 10.0 Å². The molecular formula is C11H11BrF4N2O2. The summed E-state index contributed by atoms with van der Waals surface area (Å²) < 4.78 is 54.0. The Hall–Kier alpha value is -1.19. The molecule has 3 N–H and O–H groups in total. The van der Waals surface area contributed by atoms with Gasteiger partial charge in [-0.2, -0.15) is 8.78 Å². The summed E-state index contributed by atoms with van der Waals surface area (Å²) in [6, 6.07) is 4.25. The molecule has 20 heavy (non-hydrogen) atoms. The van der Waals surface area contributed by atoms with Gasteiger partial charge in [-0.1, -0.05) is 22.0 Å². The van der Waals surface area contributed by atoms with Crippen LogP contribution in [0.1, 0.15) is 15.9 Å². The highest BCUT2D eigenvalue weighted by molar-refractivity contribution is 9.10. The van der Waals surface area contributed by atoms with Crippen molar-refractivity contribution in [3.8, 4) is 0 Å². The molecule has 0 saturated carbocycles. The summed E-state index contributed by atoms with van der Waals surface area (Å²) in [5, 5.41) is 0. The van der Waals surface area contributed by atoms with Crippen molar-refractivity contribution in [1.29, 1.82) is 0 Å². The third-order valence-corrected chi connectivity index (χ3v) is 3.06. The quantitative estimate of drug-likeness (QED) is 0.355. The van der Waals surface area contributed by atoms with Crippen molar-refractivity contribution in [1.82, 2.24) is 5.43 Å². The molecule has 4 nitrogen and oxygen atoms in total. The van der Waals surface area contributed by atoms with Crippen LogP contribution in [-0.4, -0.2) is 24.9 Å². The van der Waals surface area contributed by atoms with Crippen LogP contribution < -0.4 is 11.3 Å². The van der Waals surface area contributed by atoms with Gasteiger partial charge in [0.25, 0.3) is 5.91 Å². The van der Waals surface area contributed by atoms with Gasteiger partial charge in [-0.15, -0.1) is 0 Å². The van der Waals surface area contributed by atoms with Gasteiger partial charge in [-0.05, 0) is 17.7 Å². The summed E-state index contributed by atoms with van der Waals surface area (Å²) in [7, 11) is 0. The number of amides is 1. The number of nitrogen functional groups attached to an aromatic ring is 1. The molecule has 0 aliphatic carbocycles. The molecule has 0 bridgehead atoms. The number of hydrazine groups is 1. The lowest BCUT2D eigenvalue weighted by Crippen LogP contribution is -2.32. The molecular weight excluding hydrogens is 348 g/mol. The lowest BCUT2D eigenvalue weighted by atomic mass is 10.1. The van der Waals surface area contributed by atoms with Crippen LogP contribution in [-0.2, 0) is 11.3 Å². The number of alkyl halides is 4. The maximum Gasteiger partial charge on any atom is 0.330 e. The van der Waals surface area contributed by atoms with Crippen LogP contribution in [0.5, 0.6) is 0 Å². The molecule has 1 amide bonds. The van der Waals surface area contributed by atoms with Crippen LogP contribution in [0.15, 0.2) is 22.7 Å². The molecule has 0 atom stereocenters. The Morgan fingerprint density at radius 2 is 2.10 bits per heavy atom. The summed E-state index contributed by atoms with van der Waals surface area (Å²) in [6.45, 7) is -1.68. The van der Waals surface area contributed by atoms with Crippen LogP contribution >= 0.6 is 15.9 Å². The second-order valence-corrected chi connectivity index (χ2v) is 4.69. The Kier molecular flexibility index (Phi) is 5.90. The van der Waals surface area contributed by atoms with E-state index >= 15 is 0 Å². The fourth-order valence-electron chi connectivity index (χ4n) is 1.25. The van der Waals surface area contributed by atoms with Crippen molar-refractivity contribution < 1.29 is 27.1 Å². The highest BCUT2D eigenvalue weighted by atomic mass is 79.9. The van der Waals surface area contributed by atoms with E-state index in [2.05, 4.69) is 20.7 Å². The van der Waals surface area contributed by atoms with Crippen molar-refractivity contribution in [2.75, 3.05) is 6.61 Å². The Morgan fingerprint density at radius 1 is 1.45 bits per heavy atom. The third-order valence-electron chi connectivity index (χ3n) is 2.32. The number of halogens is 5. The van der Waals surface area contributed by atoms with E-state index in [1.54, 1.807) is 0 Å². The summed E-state index contributed by atoms with van der Waals surface area (Å²) in [5.74, 6) is 0.240. The average molecular weight is 359 g/mol. The zero-order chi connectivity index (χ0) is 15.3. The molecule has 112 valence electrons. The van der Waals surface area contributed by atoms with Gasteiger partial charge in [0.15, 0.2) is 0 Å². The topological polar surface area (TPSA) is 64.3 Å². The van der Waals surface area contributed by atoms with Crippen molar-refractivity contribution >= 4 is 21.8 Å². The van der Waals surface area contributed by atoms with E-state index in [-0.39, 0.29) is 12.2 Å². The van der Waals surface area contributed by atoms with E-state index in [0.717, 1.165) is 0 Å². The van der Waals surface area contributed by atoms with Crippen molar-refractivity contribution in [3.63, 3.8) is 0 Å². The SMILES string of the molecule is NNC(=O)c1ccc(COCC(F)(F)C(F)F)c(Br)c1. The zero-order valence-corrected chi connectivity index (χ0v) is 11.6. The smallest absolute Gasteiger partial charge is 0.330 e. The summed E-state index contributed by atoms with van der Waals surface area (Å²) in [5.41, 5.74) is 2.61. The first-order valence-electron chi connectivity index (χ1n) is 5.31. The highest BCUT2D eigenvalue weighted by Gasteiger charge is 2.40. The first-order valence-corrected chi connectivity index (χ1v) is 6.10. The molecule has 0 saturated heterocycles. The number of hydrogen-bond donors (Lipinski definition) is 2. The Morgan fingerprint density at radius 3 is 2.60 bits per heavy atom. The summed E-state index contributed by atoms with van der Waals surface area (Å²) in [6.07, 6.45) is -3.78. The van der Waals surface area contributed by atoms with Gasteiger partial charge < -0.3 is 4.74 Å². The second-order valence-electron chi connectivity index (χ2n) is 3.83. The van der Waals surface area contributed by atoms with Gasteiger partial charge >= 0.3 is 12.3 Å². The number of benzene rings is 1. The summed E-state index contributed by atoms with van der Waals surface area (Å²) in [4.78, 5) is 11.2. The van der Waals surface area contributed by atoms with E-state index < -0.39 is 24.9 Å². The van der Waals surface area contributed by atoms with Crippen LogP contribution in [0.2, 0.25) is 0 Å². The van der Waals surface area contributed by atoms with Gasteiger partial charge in [-0.3, -0.25) is 10.2 Å². The van der Waals surface area contributed by atoms with Crippen LogP contribution in [0.4, 0.5) is 17.6 Å². The number of carbonyl (C=O) groups excluding carboxylic acids is 1. The molecule has 0 fully saturated rings. The number of hydrogen-bond acceptors (Lipinski definition) is 3. The number of rotatable bonds is 6. The maximum atomic E-state index is 12.6. The number of nitrogens with two attached hydrogens (primary N) is 1. The largest absolute Gasteiger partial charge is 0.370 e. The molecule has 0 heterocycles. The van der Waals surface area contributed by atoms with E-state index in [4.69, 9.17) is 5.84 Å². The van der Waals surface area contributed by atoms with Crippen LogP contribution in [0.25, 0.3) is 0 Å². The van der Waals surface area contributed by atoms with Crippen molar-refractivity contribution in [3.05, 3.63) is 33.8 Å². The third kappa shape index (κ3) is 4.43. The van der Waals surface area contributed by atoms with Gasteiger partial charge in [0.2, 0.25) is 0 Å². The molecule has 0 aromatic heterocycles. The van der Waals surface area contributed by atoms with Gasteiger partial charge in [0.1, 0.15) is 6.61 Å². The number of nitrogens with one attached hydrogen (secondary N) is 1. The van der Waals surface area contributed by atoms with Gasteiger partial charge in [0.05, 0.1) is 6.61 Å². The van der Waals surface area contributed by atoms with E-state index in [9.17, 15) is 22.4 Å². The van der Waals surface area contributed by atoms with Gasteiger partial charge in [0, 0.05) is 10.0 Å². The predicted molar refractivity (Wildman–Crippen MR) is 66.4 cm³/mol. The fraction of sp³-hybridized carbons (Fsp3) is 0.364. The Labute approximate surface area is 120 Å². The predicted octanol–water partition coefficient (Wildman–Crippen LogP) is 2.47. The molecule has 9 heteroatoms. The van der Waals surface area contributed by atoms with Crippen molar-refractivity contribution in [2.45, 2.75) is 19.0 Å². The lowest BCUT2D eigenvalue weighted by molar-refractivity contribution is -0.168. The van der Waals surface area contributed by atoms with E-state index in [1.165, 1.54) is 18.2 Å². The Balaban J connectivity index is 2.64. The molecule has 1 rings (SSSR count). The summed E-state index contributed by atoms with van der Waals surface area (Å²) >= 11 is 3.12. The minimum atomic E-state index is -4.19. The molecule has 0 spiro atoms. The van der Waals surface area contributed by atoms with Crippen LogP contribution in [0, 0.1) is 0 Å². The molecule has 0 radical (unpaired) electrons. The molecule has 0 aliphatic rings. The van der Waals surface area contributed by atoms with Crippen molar-refractivity contribution in [2.24, 2.45) is 5.84 Å². The standard InChI is InChI=1S/C11H11BrF4N2O2/c12-8-3-6(9(19)18-17)1-2-7(8)4-20-5-11(15,16)10(13)14/h1-3,10H,4-5,17H2,(H,18,19). The zero-order valence-electron chi connectivity index (χ0n) is 10.0. The highest BCUT2D eigenvalue weighted by Crippen LogP contribution is 2.24. The van der Waals surface area contributed by atoms with Gasteiger partial charge in [-0.25, -0.2) is 14.6 Å². The monoisotopic (exact) mass is 358 g/mol. The maximum absolute atomic E-state index is 12.6. The number of ether oxygens (including phenoxy) is 1. The second kappa shape index (κ2) is 7.00. The molecule has 0 aliphatic heterocycles. The van der Waals surface area contributed by atoms with E-state index in [1.807, 2.05) is 5.43 Å². The number of carbonyl (C=O) groups is 1. The average Bonchev–Trinajstić information content (AvgIpc) is 2.39. The first-order chi connectivity index (χ1) is 9.27. The molecule has 1 aromatic rings. The molecule has 1 aromatic carbocycles. The fourth-order valence-corrected chi connectivity index (χ4v) is 1.74. The minimum Gasteiger partial charge on any atom is -0.370 e. The normalized spacial score (nSPS) is 11.8. The first kappa shape index (κ1) is 16.9. The molecule has 0 unspecified atom stereocenters. The minimum absolute atomic E-state index is 0.251. The Bertz CT molecular complexity index is 485. The van der Waals surface area contributed by atoms with Crippen LogP contribution in [0.3, 0.4) is 0 Å². The lowest BCUT2D eigenvalue weighted by Gasteiger charge is -2.15.